The number of nitrogens with two attached hydrogens (primary N) is 1. The molecule has 0 spiro atoms. The van der Waals surface area contributed by atoms with Gasteiger partial charge in [-0.15, -0.1) is 0 Å². The average Bonchev–Trinajstić information content (AvgIpc) is 2.46. The molecule has 24 heavy (non-hydrogen) atoms. The van der Waals surface area contributed by atoms with E-state index in [1.165, 1.54) is 5.56 Å². The summed E-state index contributed by atoms with van der Waals surface area (Å²) in [5.41, 5.74) is 6.33. The summed E-state index contributed by atoms with van der Waals surface area (Å²) < 4.78 is 5.46. The molecule has 0 aromatic heterocycles. The molecular weight excluding hydrogens is 302 g/mol. The zero-order chi connectivity index (χ0) is 17.6. The molecule has 1 aliphatic rings. The second kappa shape index (κ2) is 7.99. The van der Waals surface area contributed by atoms with E-state index < -0.39 is 5.60 Å². The number of amides is 1. The quantitative estimate of drug-likeness (QED) is 0.869. The number of piperidine rings is 1. The Balaban J connectivity index is 2.03. The van der Waals surface area contributed by atoms with Crippen LogP contribution in [0.1, 0.15) is 45.6 Å². The molecule has 0 bridgehead atoms. The van der Waals surface area contributed by atoms with Gasteiger partial charge in [0, 0.05) is 13.1 Å². The summed E-state index contributed by atoms with van der Waals surface area (Å²) in [6, 6.07) is 10.4. The Bertz CT molecular complexity index is 523. The second-order valence-electron chi connectivity index (χ2n) is 7.75. The Morgan fingerprint density at radius 3 is 2.67 bits per heavy atom. The number of hydrogen-bond acceptors (Lipinski definition) is 4. The molecule has 1 aromatic carbocycles. The van der Waals surface area contributed by atoms with E-state index >= 15 is 0 Å². The summed E-state index contributed by atoms with van der Waals surface area (Å²) in [7, 11) is 0. The molecule has 0 saturated carbocycles. The molecular formula is C19H31N3O2. The zero-order valence-corrected chi connectivity index (χ0v) is 15.2. The third kappa shape index (κ3) is 5.80. The van der Waals surface area contributed by atoms with Crippen LogP contribution in [-0.4, -0.2) is 41.8 Å². The van der Waals surface area contributed by atoms with Crippen LogP contribution in [0.4, 0.5) is 4.79 Å². The highest BCUT2D eigenvalue weighted by atomic mass is 16.6. The number of carbonyl (C=O) groups excluding carboxylic acids is 1. The van der Waals surface area contributed by atoms with E-state index in [2.05, 4.69) is 34.5 Å². The summed E-state index contributed by atoms with van der Waals surface area (Å²) in [5.74, 6) is 0. The van der Waals surface area contributed by atoms with Crippen molar-refractivity contribution in [3.63, 3.8) is 0 Å². The lowest BCUT2D eigenvalue weighted by Gasteiger charge is -2.43. The average molecular weight is 333 g/mol. The summed E-state index contributed by atoms with van der Waals surface area (Å²) in [6.45, 7) is 8.92. The van der Waals surface area contributed by atoms with Crippen molar-refractivity contribution >= 4 is 6.09 Å². The molecule has 1 saturated heterocycles. The molecule has 1 heterocycles. The molecule has 5 nitrogen and oxygen atoms in total. The number of alkyl carbamates (subject to hydrolysis) is 1. The topological polar surface area (TPSA) is 67.6 Å². The molecule has 2 rings (SSSR count). The van der Waals surface area contributed by atoms with Crippen LogP contribution in [0.25, 0.3) is 0 Å². The Labute approximate surface area is 145 Å². The van der Waals surface area contributed by atoms with E-state index in [1.807, 2.05) is 26.8 Å². The van der Waals surface area contributed by atoms with Crippen molar-refractivity contribution < 1.29 is 9.53 Å². The maximum absolute atomic E-state index is 12.3. The van der Waals surface area contributed by atoms with Crippen molar-refractivity contribution in [2.45, 2.75) is 57.7 Å². The number of rotatable bonds is 5. The zero-order valence-electron chi connectivity index (χ0n) is 15.2. The van der Waals surface area contributed by atoms with Crippen molar-refractivity contribution in [2.75, 3.05) is 19.6 Å². The van der Waals surface area contributed by atoms with E-state index in [0.717, 1.165) is 38.9 Å². The second-order valence-corrected chi connectivity index (χ2v) is 7.75. The standard InChI is InChI=1S/C19H31N3O2/c1-18(2,3)24-17(23)21-19(11-12-20)10-7-13-22(15-19)14-16-8-5-4-6-9-16/h4-6,8-9H,7,10-15,20H2,1-3H3,(H,21,23). The third-order valence-corrected chi connectivity index (χ3v) is 4.29. The predicted octanol–water partition coefficient (Wildman–Crippen LogP) is 2.89. The number of likely N-dealkylation sites (tertiary alicyclic amines) is 1. The van der Waals surface area contributed by atoms with Gasteiger partial charge in [-0.25, -0.2) is 4.79 Å². The molecule has 1 amide bonds. The molecule has 1 aliphatic heterocycles. The first-order valence-corrected chi connectivity index (χ1v) is 8.79. The summed E-state index contributed by atoms with van der Waals surface area (Å²) >= 11 is 0. The van der Waals surface area contributed by atoms with Gasteiger partial charge in [-0.1, -0.05) is 30.3 Å². The third-order valence-electron chi connectivity index (χ3n) is 4.29. The van der Waals surface area contributed by atoms with Crippen LogP contribution in [-0.2, 0) is 11.3 Å². The van der Waals surface area contributed by atoms with Gasteiger partial charge < -0.3 is 15.8 Å². The molecule has 0 radical (unpaired) electrons. The fraction of sp³-hybridized carbons (Fsp3) is 0.632. The fourth-order valence-electron chi connectivity index (χ4n) is 3.37. The lowest BCUT2D eigenvalue weighted by molar-refractivity contribution is 0.0346. The van der Waals surface area contributed by atoms with Crippen LogP contribution in [0.3, 0.4) is 0 Å². The van der Waals surface area contributed by atoms with Gasteiger partial charge in [-0.2, -0.15) is 0 Å². The van der Waals surface area contributed by atoms with Crippen LogP contribution in [0.15, 0.2) is 30.3 Å². The number of hydrogen-bond donors (Lipinski definition) is 2. The lowest BCUT2D eigenvalue weighted by atomic mass is 9.85. The first-order chi connectivity index (χ1) is 11.3. The largest absolute Gasteiger partial charge is 0.444 e. The summed E-state index contributed by atoms with van der Waals surface area (Å²) in [6.07, 6.45) is 2.40. The van der Waals surface area contributed by atoms with E-state index in [-0.39, 0.29) is 11.6 Å². The van der Waals surface area contributed by atoms with Crippen LogP contribution in [0.2, 0.25) is 0 Å². The van der Waals surface area contributed by atoms with Gasteiger partial charge in [0.15, 0.2) is 0 Å². The van der Waals surface area contributed by atoms with Gasteiger partial charge in [0.2, 0.25) is 0 Å². The van der Waals surface area contributed by atoms with Crippen LogP contribution in [0, 0.1) is 0 Å². The number of carbonyl (C=O) groups is 1. The van der Waals surface area contributed by atoms with Gasteiger partial charge in [-0.05, 0) is 58.7 Å². The first kappa shape index (κ1) is 18.7. The van der Waals surface area contributed by atoms with Crippen molar-refractivity contribution in [3.8, 4) is 0 Å². The SMILES string of the molecule is CC(C)(C)OC(=O)NC1(CCN)CCCN(Cc2ccccc2)C1. The lowest BCUT2D eigenvalue weighted by Crippen LogP contribution is -2.59. The number of nitrogens with zero attached hydrogens (tertiary/aromatic N) is 1. The number of nitrogens with one attached hydrogen (secondary N) is 1. The van der Waals surface area contributed by atoms with Gasteiger partial charge in [-0.3, -0.25) is 4.90 Å². The Morgan fingerprint density at radius 1 is 1.33 bits per heavy atom. The molecule has 1 aromatic rings. The molecule has 5 heteroatoms. The highest BCUT2D eigenvalue weighted by molar-refractivity contribution is 5.68. The van der Waals surface area contributed by atoms with E-state index in [4.69, 9.17) is 10.5 Å². The molecule has 1 fully saturated rings. The van der Waals surface area contributed by atoms with Crippen molar-refractivity contribution in [1.82, 2.24) is 10.2 Å². The molecule has 1 atom stereocenters. The Hall–Kier alpha value is -1.59. The van der Waals surface area contributed by atoms with Gasteiger partial charge in [0.1, 0.15) is 5.60 Å². The van der Waals surface area contributed by atoms with E-state index in [1.54, 1.807) is 0 Å². The normalized spacial score (nSPS) is 22.2. The molecule has 1 unspecified atom stereocenters. The summed E-state index contributed by atoms with van der Waals surface area (Å²) in [4.78, 5) is 14.7. The minimum absolute atomic E-state index is 0.301. The van der Waals surface area contributed by atoms with Gasteiger partial charge in [0.25, 0.3) is 0 Å². The molecule has 3 N–H and O–H groups in total. The van der Waals surface area contributed by atoms with E-state index in [0.29, 0.717) is 6.54 Å². The molecule has 134 valence electrons. The minimum Gasteiger partial charge on any atom is -0.444 e. The van der Waals surface area contributed by atoms with Gasteiger partial charge in [0.05, 0.1) is 5.54 Å². The van der Waals surface area contributed by atoms with Gasteiger partial charge >= 0.3 is 6.09 Å². The fourth-order valence-corrected chi connectivity index (χ4v) is 3.37. The molecule has 0 aliphatic carbocycles. The Morgan fingerprint density at radius 2 is 2.04 bits per heavy atom. The maximum atomic E-state index is 12.3. The highest BCUT2D eigenvalue weighted by Gasteiger charge is 2.37. The maximum Gasteiger partial charge on any atom is 0.408 e. The Kier molecular flexibility index (Phi) is 6.24. The smallest absolute Gasteiger partial charge is 0.408 e. The highest BCUT2D eigenvalue weighted by Crippen LogP contribution is 2.26. The van der Waals surface area contributed by atoms with Crippen LogP contribution < -0.4 is 11.1 Å². The van der Waals surface area contributed by atoms with Crippen LogP contribution >= 0.6 is 0 Å². The number of ether oxygens (including phenoxy) is 1. The van der Waals surface area contributed by atoms with E-state index in [9.17, 15) is 4.79 Å². The van der Waals surface area contributed by atoms with Crippen LogP contribution in [0.5, 0.6) is 0 Å². The minimum atomic E-state index is -0.494. The van der Waals surface area contributed by atoms with Crippen molar-refractivity contribution in [1.29, 1.82) is 0 Å². The predicted molar refractivity (Wildman–Crippen MR) is 96.7 cm³/mol. The summed E-state index contributed by atoms with van der Waals surface area (Å²) in [5, 5.41) is 3.12. The van der Waals surface area contributed by atoms with Crippen molar-refractivity contribution in [2.24, 2.45) is 5.73 Å². The first-order valence-electron chi connectivity index (χ1n) is 8.79. The van der Waals surface area contributed by atoms with Crippen molar-refractivity contribution in [3.05, 3.63) is 35.9 Å². The monoisotopic (exact) mass is 333 g/mol. The number of benzene rings is 1.